The minimum absolute atomic E-state index is 0.335. The molecule has 0 aliphatic carbocycles. The van der Waals surface area contributed by atoms with E-state index in [0.29, 0.717) is 5.56 Å². The summed E-state index contributed by atoms with van der Waals surface area (Å²) in [5, 5.41) is 19.2. The highest BCUT2D eigenvalue weighted by Crippen LogP contribution is 2.44. The Kier molecular flexibility index (Phi) is 6.54. The molecule has 1 aromatic carbocycles. The fraction of sp³-hybridized carbons (Fsp3) is 0.526. The number of carboxylic acid groups (broad SMARTS) is 1. The second-order valence-electron chi connectivity index (χ2n) is 7.75. The van der Waals surface area contributed by atoms with Crippen LogP contribution in [0.5, 0.6) is 0 Å². The molecular formula is C19H28N2O5. The average Bonchev–Trinajstić information content (AvgIpc) is 2.54. The molecule has 0 aromatic heterocycles. The van der Waals surface area contributed by atoms with Crippen LogP contribution in [-0.4, -0.2) is 46.1 Å². The van der Waals surface area contributed by atoms with Crippen LogP contribution in [0.1, 0.15) is 40.2 Å². The van der Waals surface area contributed by atoms with Gasteiger partial charge in [-0.05, 0) is 16.9 Å². The van der Waals surface area contributed by atoms with E-state index >= 15 is 0 Å². The minimum Gasteiger partial charge on any atom is -0.480 e. The Labute approximate surface area is 154 Å². The number of hydrogen-bond acceptors (Lipinski definition) is 4. The third kappa shape index (κ3) is 3.58. The summed E-state index contributed by atoms with van der Waals surface area (Å²) >= 11 is 0. The van der Waals surface area contributed by atoms with Crippen molar-refractivity contribution in [3.8, 4) is 0 Å². The molecule has 2 amide bonds. The summed E-state index contributed by atoms with van der Waals surface area (Å²) in [4.78, 5) is 39.1. The maximum absolute atomic E-state index is 13.5. The Hall–Kier alpha value is -2.41. The zero-order chi connectivity index (χ0) is 20.3. The van der Waals surface area contributed by atoms with Crippen molar-refractivity contribution in [2.24, 2.45) is 11.3 Å². The SMILES string of the molecule is CC(C)[C@H](C(=O)NO)N(C)C(=O)C(C(=O)O)(c1ccccc1)C(C)(C)C. The molecule has 0 aliphatic rings. The summed E-state index contributed by atoms with van der Waals surface area (Å²) in [6.45, 7) is 8.46. The van der Waals surface area contributed by atoms with E-state index in [1.807, 2.05) is 0 Å². The largest absolute Gasteiger partial charge is 0.480 e. The second-order valence-corrected chi connectivity index (χ2v) is 7.75. The fourth-order valence-corrected chi connectivity index (χ4v) is 3.48. The molecule has 26 heavy (non-hydrogen) atoms. The van der Waals surface area contributed by atoms with Crippen LogP contribution < -0.4 is 5.48 Å². The lowest BCUT2D eigenvalue weighted by Gasteiger charge is -2.44. The van der Waals surface area contributed by atoms with Gasteiger partial charge < -0.3 is 10.0 Å². The van der Waals surface area contributed by atoms with Crippen molar-refractivity contribution in [1.82, 2.24) is 10.4 Å². The lowest BCUT2D eigenvalue weighted by atomic mass is 9.61. The Morgan fingerprint density at radius 1 is 1.08 bits per heavy atom. The van der Waals surface area contributed by atoms with Gasteiger partial charge in [0.15, 0.2) is 5.41 Å². The number of amides is 2. The molecule has 0 saturated carbocycles. The molecule has 0 spiro atoms. The maximum atomic E-state index is 13.5. The summed E-state index contributed by atoms with van der Waals surface area (Å²) in [6, 6.07) is 7.27. The molecule has 0 aliphatic heterocycles. The van der Waals surface area contributed by atoms with Crippen LogP contribution >= 0.6 is 0 Å². The van der Waals surface area contributed by atoms with E-state index in [1.54, 1.807) is 70.4 Å². The maximum Gasteiger partial charge on any atom is 0.324 e. The van der Waals surface area contributed by atoms with Gasteiger partial charge in [-0.3, -0.25) is 19.6 Å². The van der Waals surface area contributed by atoms with Gasteiger partial charge in [0.25, 0.3) is 5.91 Å². The van der Waals surface area contributed by atoms with Gasteiger partial charge in [0.1, 0.15) is 6.04 Å². The molecule has 1 aromatic rings. The highest BCUT2D eigenvalue weighted by atomic mass is 16.5. The van der Waals surface area contributed by atoms with E-state index in [4.69, 9.17) is 5.21 Å². The Balaban J connectivity index is 3.65. The molecule has 0 fully saturated rings. The number of nitrogens with zero attached hydrogens (tertiary/aromatic N) is 1. The molecule has 2 atom stereocenters. The van der Waals surface area contributed by atoms with Gasteiger partial charge in [0, 0.05) is 7.05 Å². The summed E-state index contributed by atoms with van der Waals surface area (Å²) < 4.78 is 0. The van der Waals surface area contributed by atoms with Crippen LogP contribution in [0.3, 0.4) is 0 Å². The smallest absolute Gasteiger partial charge is 0.324 e. The first-order valence-corrected chi connectivity index (χ1v) is 8.43. The standard InChI is InChI=1S/C19H28N2O5/c1-12(2)14(15(22)20-26)21(6)16(23)19(17(24)25,18(3,4)5)13-10-8-7-9-11-13/h7-12,14,26H,1-6H3,(H,20,22)(H,24,25)/t14-,19?/m1/s1. The number of hydrogen-bond donors (Lipinski definition) is 3. The highest BCUT2D eigenvalue weighted by Gasteiger charge is 2.58. The lowest BCUT2D eigenvalue weighted by Crippen LogP contribution is -2.62. The van der Waals surface area contributed by atoms with Crippen LogP contribution in [0, 0.1) is 11.3 Å². The van der Waals surface area contributed by atoms with E-state index in [0.717, 1.165) is 4.90 Å². The Morgan fingerprint density at radius 2 is 1.58 bits per heavy atom. The molecule has 7 heteroatoms. The number of rotatable bonds is 6. The highest BCUT2D eigenvalue weighted by molar-refractivity contribution is 6.09. The quantitative estimate of drug-likeness (QED) is 0.407. The first-order chi connectivity index (χ1) is 11.9. The number of hydroxylamine groups is 1. The van der Waals surface area contributed by atoms with Crippen molar-refractivity contribution in [2.45, 2.75) is 46.1 Å². The molecule has 0 radical (unpaired) electrons. The van der Waals surface area contributed by atoms with Crippen LogP contribution in [0.25, 0.3) is 0 Å². The number of carbonyl (C=O) groups is 3. The molecule has 1 rings (SSSR count). The monoisotopic (exact) mass is 364 g/mol. The van der Waals surface area contributed by atoms with Gasteiger partial charge in [-0.2, -0.15) is 0 Å². The van der Waals surface area contributed by atoms with Crippen molar-refractivity contribution >= 4 is 17.8 Å². The molecule has 3 N–H and O–H groups in total. The molecule has 0 heterocycles. The average molecular weight is 364 g/mol. The summed E-state index contributed by atoms with van der Waals surface area (Å²) in [5.41, 5.74) is -0.982. The normalized spacial score (nSPS) is 15.1. The predicted molar refractivity (Wildman–Crippen MR) is 96.5 cm³/mol. The van der Waals surface area contributed by atoms with E-state index in [2.05, 4.69) is 0 Å². The third-order valence-corrected chi connectivity index (χ3v) is 4.72. The molecule has 7 nitrogen and oxygen atoms in total. The number of carbonyl (C=O) groups excluding carboxylic acids is 2. The van der Waals surface area contributed by atoms with Gasteiger partial charge in [-0.1, -0.05) is 65.0 Å². The van der Waals surface area contributed by atoms with Crippen molar-refractivity contribution in [1.29, 1.82) is 0 Å². The van der Waals surface area contributed by atoms with E-state index < -0.39 is 34.7 Å². The van der Waals surface area contributed by atoms with Crippen molar-refractivity contribution in [2.75, 3.05) is 7.05 Å². The van der Waals surface area contributed by atoms with Gasteiger partial charge in [0.2, 0.25) is 5.91 Å². The summed E-state index contributed by atoms with van der Waals surface area (Å²) in [5.74, 6) is -3.11. The van der Waals surface area contributed by atoms with Gasteiger partial charge >= 0.3 is 5.97 Å². The summed E-state index contributed by atoms with van der Waals surface area (Å²) in [7, 11) is 1.38. The summed E-state index contributed by atoms with van der Waals surface area (Å²) in [6.07, 6.45) is 0. The Bertz CT molecular complexity index is 666. The molecule has 1 unspecified atom stereocenters. The number of carboxylic acids is 1. The third-order valence-electron chi connectivity index (χ3n) is 4.72. The number of nitrogens with one attached hydrogen (secondary N) is 1. The topological polar surface area (TPSA) is 107 Å². The van der Waals surface area contributed by atoms with Crippen LogP contribution in [0.2, 0.25) is 0 Å². The van der Waals surface area contributed by atoms with Crippen molar-refractivity contribution in [3.63, 3.8) is 0 Å². The van der Waals surface area contributed by atoms with Crippen LogP contribution in [0.4, 0.5) is 0 Å². The second kappa shape index (κ2) is 7.86. The molecular weight excluding hydrogens is 336 g/mol. The first kappa shape index (κ1) is 21.6. The molecule has 144 valence electrons. The van der Waals surface area contributed by atoms with E-state index in [-0.39, 0.29) is 5.92 Å². The van der Waals surface area contributed by atoms with Crippen molar-refractivity contribution in [3.05, 3.63) is 35.9 Å². The van der Waals surface area contributed by atoms with Crippen LogP contribution in [-0.2, 0) is 19.8 Å². The van der Waals surface area contributed by atoms with E-state index in [1.165, 1.54) is 7.05 Å². The molecule has 0 bridgehead atoms. The number of benzene rings is 1. The van der Waals surface area contributed by atoms with Gasteiger partial charge in [-0.15, -0.1) is 0 Å². The zero-order valence-electron chi connectivity index (χ0n) is 16.1. The zero-order valence-corrected chi connectivity index (χ0v) is 16.1. The van der Waals surface area contributed by atoms with Gasteiger partial charge in [-0.25, -0.2) is 5.48 Å². The molecule has 0 saturated heterocycles. The van der Waals surface area contributed by atoms with E-state index in [9.17, 15) is 19.5 Å². The van der Waals surface area contributed by atoms with Crippen LogP contribution in [0.15, 0.2) is 30.3 Å². The number of likely N-dealkylation sites (N-methyl/N-ethyl adjacent to an activating group) is 1. The number of aliphatic carboxylic acids is 1. The van der Waals surface area contributed by atoms with Crippen molar-refractivity contribution < 1.29 is 24.7 Å². The lowest BCUT2D eigenvalue weighted by molar-refractivity contribution is -0.163. The predicted octanol–water partition coefficient (Wildman–Crippen LogP) is 2.04. The first-order valence-electron chi connectivity index (χ1n) is 8.43. The minimum atomic E-state index is -1.90. The Morgan fingerprint density at radius 3 is 1.92 bits per heavy atom. The van der Waals surface area contributed by atoms with Gasteiger partial charge in [0.05, 0.1) is 0 Å². The fourth-order valence-electron chi connectivity index (χ4n) is 3.48.